The van der Waals surface area contributed by atoms with E-state index in [0.717, 1.165) is 12.8 Å². The van der Waals surface area contributed by atoms with Crippen molar-refractivity contribution >= 4 is 5.95 Å². The zero-order valence-corrected chi connectivity index (χ0v) is 6.87. The van der Waals surface area contributed by atoms with Crippen LogP contribution in [0.25, 0.3) is 0 Å². The Morgan fingerprint density at radius 3 is 2.45 bits per heavy atom. The van der Waals surface area contributed by atoms with E-state index >= 15 is 0 Å². The molecule has 0 aliphatic heterocycles. The first kappa shape index (κ1) is 8.04. The fourth-order valence-corrected chi connectivity index (χ4v) is 1.05. The number of rotatable bonds is 3. The van der Waals surface area contributed by atoms with Gasteiger partial charge in [-0.25, -0.2) is 0 Å². The summed E-state index contributed by atoms with van der Waals surface area (Å²) < 4.78 is 4.92. The van der Waals surface area contributed by atoms with E-state index in [0.29, 0.717) is 11.8 Å². The maximum absolute atomic E-state index is 5.31. The van der Waals surface area contributed by atoms with Gasteiger partial charge in [0.15, 0.2) is 0 Å². The van der Waals surface area contributed by atoms with Gasteiger partial charge in [0.05, 0.1) is 0 Å². The van der Waals surface area contributed by atoms with Gasteiger partial charge in [0.2, 0.25) is 5.89 Å². The minimum Gasteiger partial charge on any atom is -0.365 e. The molecule has 0 fully saturated rings. The third-order valence-electron chi connectivity index (χ3n) is 1.79. The number of hydrogen-bond donors (Lipinski definition) is 1. The molecule has 0 spiro atoms. The predicted octanol–water partition coefficient (Wildman–Crippen LogP) is 1.56. The lowest BCUT2D eigenvalue weighted by Gasteiger charge is -2.03. The minimum absolute atomic E-state index is 0.229. The standard InChI is InChI=1S/C7H13N3O/c1-3-5(4-2)6-9-7(8)10-11-6/h5H,3-4H2,1-2H3,(H2,8,10). The predicted molar refractivity (Wildman–Crippen MR) is 42.0 cm³/mol. The van der Waals surface area contributed by atoms with Crippen LogP contribution in [0.3, 0.4) is 0 Å². The van der Waals surface area contributed by atoms with Gasteiger partial charge in [-0.05, 0) is 18.0 Å². The average molecular weight is 155 g/mol. The highest BCUT2D eigenvalue weighted by Gasteiger charge is 2.13. The summed E-state index contributed by atoms with van der Waals surface area (Å²) in [6.07, 6.45) is 2.02. The van der Waals surface area contributed by atoms with Gasteiger partial charge in [-0.1, -0.05) is 13.8 Å². The molecule has 0 aliphatic rings. The lowest BCUT2D eigenvalue weighted by atomic mass is 10.0. The zero-order chi connectivity index (χ0) is 8.27. The Kier molecular flexibility index (Phi) is 2.46. The van der Waals surface area contributed by atoms with Crippen LogP contribution >= 0.6 is 0 Å². The molecule has 0 aliphatic carbocycles. The smallest absolute Gasteiger partial charge is 0.260 e. The minimum atomic E-state index is 0.229. The lowest BCUT2D eigenvalue weighted by Crippen LogP contribution is -1.95. The molecule has 11 heavy (non-hydrogen) atoms. The number of nitrogens with zero attached hydrogens (tertiary/aromatic N) is 2. The summed E-state index contributed by atoms with van der Waals surface area (Å²) in [6, 6.07) is 0. The topological polar surface area (TPSA) is 64.9 Å². The number of nitrogens with two attached hydrogens (primary N) is 1. The molecule has 0 unspecified atom stereocenters. The van der Waals surface area contributed by atoms with E-state index in [1.807, 2.05) is 0 Å². The first-order chi connectivity index (χ1) is 5.27. The lowest BCUT2D eigenvalue weighted by molar-refractivity contribution is 0.346. The van der Waals surface area contributed by atoms with E-state index in [-0.39, 0.29) is 5.95 Å². The van der Waals surface area contributed by atoms with E-state index in [4.69, 9.17) is 10.3 Å². The van der Waals surface area contributed by atoms with Crippen molar-refractivity contribution in [2.45, 2.75) is 32.6 Å². The molecule has 2 N–H and O–H groups in total. The summed E-state index contributed by atoms with van der Waals surface area (Å²) in [5, 5.41) is 3.53. The molecule has 0 saturated heterocycles. The highest BCUT2D eigenvalue weighted by Crippen LogP contribution is 2.20. The Morgan fingerprint density at radius 2 is 2.09 bits per heavy atom. The van der Waals surface area contributed by atoms with Crippen molar-refractivity contribution in [3.63, 3.8) is 0 Å². The Morgan fingerprint density at radius 1 is 1.45 bits per heavy atom. The molecule has 1 aromatic heterocycles. The van der Waals surface area contributed by atoms with Crippen molar-refractivity contribution < 1.29 is 4.52 Å². The molecule has 4 heteroatoms. The van der Waals surface area contributed by atoms with Crippen LogP contribution < -0.4 is 5.73 Å². The second-order valence-electron chi connectivity index (χ2n) is 2.50. The van der Waals surface area contributed by atoms with Crippen LogP contribution in [0.5, 0.6) is 0 Å². The summed E-state index contributed by atoms with van der Waals surface area (Å²) in [5.41, 5.74) is 5.31. The normalized spacial score (nSPS) is 10.8. The van der Waals surface area contributed by atoms with Gasteiger partial charge in [-0.3, -0.25) is 0 Å². The van der Waals surface area contributed by atoms with E-state index in [1.165, 1.54) is 0 Å². The molecule has 1 heterocycles. The van der Waals surface area contributed by atoms with Crippen LogP contribution in [0.1, 0.15) is 38.5 Å². The van der Waals surface area contributed by atoms with Crippen molar-refractivity contribution in [2.75, 3.05) is 5.73 Å². The van der Waals surface area contributed by atoms with Crippen molar-refractivity contribution in [3.05, 3.63) is 5.89 Å². The zero-order valence-electron chi connectivity index (χ0n) is 6.87. The number of anilines is 1. The molecule has 1 rings (SSSR count). The Balaban J connectivity index is 2.73. The molecule has 0 atom stereocenters. The van der Waals surface area contributed by atoms with Crippen LogP contribution in [-0.4, -0.2) is 10.1 Å². The summed E-state index contributed by atoms with van der Waals surface area (Å²) in [6.45, 7) is 4.18. The summed E-state index contributed by atoms with van der Waals surface area (Å²) in [4.78, 5) is 3.95. The van der Waals surface area contributed by atoms with Gasteiger partial charge < -0.3 is 10.3 Å². The molecule has 0 radical (unpaired) electrons. The van der Waals surface area contributed by atoms with E-state index in [1.54, 1.807) is 0 Å². The SMILES string of the molecule is CCC(CC)c1nc(N)no1. The van der Waals surface area contributed by atoms with Gasteiger partial charge in [-0.2, -0.15) is 4.98 Å². The Labute approximate surface area is 65.8 Å². The fourth-order valence-electron chi connectivity index (χ4n) is 1.05. The van der Waals surface area contributed by atoms with Crippen LogP contribution in [0.2, 0.25) is 0 Å². The van der Waals surface area contributed by atoms with Crippen LogP contribution in [-0.2, 0) is 0 Å². The van der Waals surface area contributed by atoms with Gasteiger partial charge in [0.1, 0.15) is 0 Å². The first-order valence-corrected chi connectivity index (χ1v) is 3.87. The molecular formula is C7H13N3O. The molecular weight excluding hydrogens is 142 g/mol. The van der Waals surface area contributed by atoms with Crippen LogP contribution in [0.4, 0.5) is 5.95 Å². The van der Waals surface area contributed by atoms with E-state index in [9.17, 15) is 0 Å². The molecule has 62 valence electrons. The van der Waals surface area contributed by atoms with E-state index < -0.39 is 0 Å². The third-order valence-corrected chi connectivity index (χ3v) is 1.79. The van der Waals surface area contributed by atoms with Crippen LogP contribution in [0.15, 0.2) is 4.52 Å². The Bertz CT molecular complexity index is 217. The highest BCUT2D eigenvalue weighted by atomic mass is 16.5. The van der Waals surface area contributed by atoms with Crippen molar-refractivity contribution in [1.82, 2.24) is 10.1 Å². The largest absolute Gasteiger partial charge is 0.365 e. The average Bonchev–Trinajstić information content (AvgIpc) is 2.39. The maximum atomic E-state index is 5.31. The van der Waals surface area contributed by atoms with Gasteiger partial charge >= 0.3 is 0 Å². The quantitative estimate of drug-likeness (QED) is 0.719. The van der Waals surface area contributed by atoms with Gasteiger partial charge in [-0.15, -0.1) is 0 Å². The summed E-state index contributed by atoms with van der Waals surface area (Å²) in [5.74, 6) is 1.25. The summed E-state index contributed by atoms with van der Waals surface area (Å²) in [7, 11) is 0. The second kappa shape index (κ2) is 3.37. The van der Waals surface area contributed by atoms with E-state index in [2.05, 4.69) is 24.0 Å². The number of aromatic nitrogens is 2. The molecule has 0 saturated carbocycles. The fraction of sp³-hybridized carbons (Fsp3) is 0.714. The van der Waals surface area contributed by atoms with Gasteiger partial charge in [0.25, 0.3) is 5.95 Å². The van der Waals surface area contributed by atoms with Crippen LogP contribution in [0, 0.1) is 0 Å². The maximum Gasteiger partial charge on any atom is 0.260 e. The molecule has 0 bridgehead atoms. The highest BCUT2D eigenvalue weighted by molar-refractivity contribution is 5.11. The molecule has 1 aromatic rings. The second-order valence-corrected chi connectivity index (χ2v) is 2.50. The monoisotopic (exact) mass is 155 g/mol. The van der Waals surface area contributed by atoms with Crippen molar-refractivity contribution in [2.24, 2.45) is 0 Å². The Hall–Kier alpha value is -1.06. The molecule has 0 amide bonds. The third kappa shape index (κ3) is 1.69. The van der Waals surface area contributed by atoms with Gasteiger partial charge in [0, 0.05) is 5.92 Å². The number of nitrogen functional groups attached to an aromatic ring is 1. The summed E-state index contributed by atoms with van der Waals surface area (Å²) >= 11 is 0. The molecule has 0 aromatic carbocycles. The first-order valence-electron chi connectivity index (χ1n) is 3.87. The van der Waals surface area contributed by atoms with Crippen molar-refractivity contribution in [3.8, 4) is 0 Å². The van der Waals surface area contributed by atoms with Crippen molar-refractivity contribution in [1.29, 1.82) is 0 Å². The molecule has 4 nitrogen and oxygen atoms in total. The number of hydrogen-bond acceptors (Lipinski definition) is 4.